The molecule has 4 heteroatoms. The summed E-state index contributed by atoms with van der Waals surface area (Å²) in [6.45, 7) is 0.447. The van der Waals surface area contributed by atoms with Crippen molar-refractivity contribution in [3.05, 3.63) is 107 Å². The predicted octanol–water partition coefficient (Wildman–Crippen LogP) is 4.31. The fraction of sp³-hybridized carbons (Fsp3) is 0.136. The average molecular weight is 364 g/mol. The first-order valence-electron chi connectivity index (χ1n) is 8.49. The Morgan fingerprint density at radius 2 is 1.46 bits per heavy atom. The number of likely N-dealkylation sites (tertiary alicyclic amines) is 1. The molecular weight excluding hydrogens is 346 g/mol. The molecule has 0 aliphatic carbocycles. The molecule has 0 unspecified atom stereocenters. The second-order valence-corrected chi connectivity index (χ2v) is 6.94. The minimum atomic E-state index is -1.57. The molecule has 3 aromatic carbocycles. The summed E-state index contributed by atoms with van der Waals surface area (Å²) in [7, 11) is 0. The third-order valence-electron chi connectivity index (χ3n) is 4.89. The monoisotopic (exact) mass is 363 g/mol. The summed E-state index contributed by atoms with van der Waals surface area (Å²) in [6.07, 6.45) is 0. The topological polar surface area (TPSA) is 40.5 Å². The molecule has 1 saturated heterocycles. The Morgan fingerprint density at radius 3 is 2.08 bits per heavy atom. The van der Waals surface area contributed by atoms with Crippen molar-refractivity contribution in [3.8, 4) is 0 Å². The predicted molar refractivity (Wildman–Crippen MR) is 102 cm³/mol. The molecule has 4 rings (SSSR count). The number of amides is 1. The van der Waals surface area contributed by atoms with Crippen LogP contribution in [0.15, 0.2) is 84.9 Å². The van der Waals surface area contributed by atoms with Crippen LogP contribution in [0.1, 0.15) is 22.7 Å². The molecule has 3 nitrogen and oxygen atoms in total. The third kappa shape index (κ3) is 2.70. The first-order chi connectivity index (χ1) is 12.6. The third-order valence-corrected chi connectivity index (χ3v) is 5.14. The minimum absolute atomic E-state index is 0.285. The summed E-state index contributed by atoms with van der Waals surface area (Å²) in [5, 5.41) is 12.0. The van der Waals surface area contributed by atoms with Crippen LogP contribution in [-0.4, -0.2) is 15.9 Å². The fourth-order valence-electron chi connectivity index (χ4n) is 3.60. The van der Waals surface area contributed by atoms with Gasteiger partial charge in [0.1, 0.15) is 0 Å². The van der Waals surface area contributed by atoms with Gasteiger partial charge in [0.2, 0.25) is 0 Å². The smallest absolute Gasteiger partial charge is 0.262 e. The molecule has 0 radical (unpaired) electrons. The molecule has 0 spiro atoms. The first kappa shape index (κ1) is 16.8. The number of rotatable bonds is 4. The number of carbonyl (C=O) groups is 1. The van der Waals surface area contributed by atoms with Gasteiger partial charge in [-0.1, -0.05) is 84.4 Å². The first-order valence-corrected chi connectivity index (χ1v) is 8.87. The van der Waals surface area contributed by atoms with Gasteiger partial charge < -0.3 is 10.0 Å². The molecule has 0 bridgehead atoms. The van der Waals surface area contributed by atoms with E-state index in [-0.39, 0.29) is 5.91 Å². The quantitative estimate of drug-likeness (QED) is 0.701. The van der Waals surface area contributed by atoms with E-state index in [0.717, 1.165) is 11.1 Å². The molecule has 0 saturated carbocycles. The van der Waals surface area contributed by atoms with Gasteiger partial charge in [0.25, 0.3) is 5.91 Å². The molecule has 1 aliphatic rings. The summed E-state index contributed by atoms with van der Waals surface area (Å²) >= 11 is 6.02. The van der Waals surface area contributed by atoms with Crippen molar-refractivity contribution in [2.45, 2.75) is 18.2 Å². The number of nitrogens with zero attached hydrogens (tertiary/aromatic N) is 1. The average Bonchev–Trinajstić information content (AvgIpc) is 2.70. The second-order valence-electron chi connectivity index (χ2n) is 6.51. The van der Waals surface area contributed by atoms with Gasteiger partial charge in [0.15, 0.2) is 5.60 Å². The molecule has 1 fully saturated rings. The highest BCUT2D eigenvalue weighted by Crippen LogP contribution is 2.50. The lowest BCUT2D eigenvalue weighted by Gasteiger charge is -2.53. The number of carbonyl (C=O) groups excluding carboxylic acids is 1. The summed E-state index contributed by atoms with van der Waals surface area (Å²) < 4.78 is 0. The van der Waals surface area contributed by atoms with Crippen LogP contribution in [0.25, 0.3) is 0 Å². The van der Waals surface area contributed by atoms with E-state index in [0.29, 0.717) is 17.1 Å². The van der Waals surface area contributed by atoms with Gasteiger partial charge in [-0.25, -0.2) is 0 Å². The summed E-state index contributed by atoms with van der Waals surface area (Å²) in [6, 6.07) is 25.7. The lowest BCUT2D eigenvalue weighted by Crippen LogP contribution is -2.65. The van der Waals surface area contributed by atoms with Crippen LogP contribution >= 0.6 is 11.6 Å². The van der Waals surface area contributed by atoms with Crippen molar-refractivity contribution in [1.29, 1.82) is 0 Å². The fourth-order valence-corrected chi connectivity index (χ4v) is 3.72. The highest BCUT2D eigenvalue weighted by Gasteiger charge is 2.61. The van der Waals surface area contributed by atoms with E-state index in [2.05, 4.69) is 0 Å². The SMILES string of the molecule is O=C1N(Cc2ccccc2)[C@@H](c2ccc(Cl)cc2)[C@]1(O)c1ccccc1. The van der Waals surface area contributed by atoms with E-state index in [1.807, 2.05) is 60.7 Å². The Bertz CT molecular complexity index is 912. The number of benzene rings is 3. The Labute approximate surface area is 157 Å². The molecule has 130 valence electrons. The van der Waals surface area contributed by atoms with E-state index in [9.17, 15) is 9.90 Å². The van der Waals surface area contributed by atoms with Gasteiger partial charge >= 0.3 is 0 Å². The van der Waals surface area contributed by atoms with E-state index in [1.165, 1.54) is 0 Å². The summed E-state index contributed by atoms with van der Waals surface area (Å²) in [5.41, 5.74) is 0.921. The number of hydrogen-bond acceptors (Lipinski definition) is 2. The van der Waals surface area contributed by atoms with Crippen LogP contribution in [-0.2, 0) is 16.9 Å². The van der Waals surface area contributed by atoms with Gasteiger partial charge in [0.05, 0.1) is 6.04 Å². The number of halogens is 1. The molecule has 1 heterocycles. The van der Waals surface area contributed by atoms with E-state index < -0.39 is 11.6 Å². The highest BCUT2D eigenvalue weighted by molar-refractivity contribution is 6.30. The van der Waals surface area contributed by atoms with Gasteiger partial charge in [-0.15, -0.1) is 0 Å². The van der Waals surface area contributed by atoms with Crippen molar-refractivity contribution in [3.63, 3.8) is 0 Å². The second kappa shape index (κ2) is 6.60. The van der Waals surface area contributed by atoms with E-state index in [1.54, 1.807) is 29.2 Å². The van der Waals surface area contributed by atoms with Crippen molar-refractivity contribution < 1.29 is 9.90 Å². The summed E-state index contributed by atoms with van der Waals surface area (Å²) in [5.74, 6) is -0.285. The number of hydrogen-bond donors (Lipinski definition) is 1. The van der Waals surface area contributed by atoms with Crippen LogP contribution in [0.2, 0.25) is 5.02 Å². The van der Waals surface area contributed by atoms with Crippen LogP contribution in [0, 0.1) is 0 Å². The normalized spacial score (nSPS) is 22.2. The lowest BCUT2D eigenvalue weighted by atomic mass is 9.73. The van der Waals surface area contributed by atoms with Crippen molar-refractivity contribution in [2.24, 2.45) is 0 Å². The summed E-state index contributed by atoms with van der Waals surface area (Å²) in [4.78, 5) is 14.7. The van der Waals surface area contributed by atoms with Crippen LogP contribution in [0.3, 0.4) is 0 Å². The van der Waals surface area contributed by atoms with E-state index >= 15 is 0 Å². The Hall–Kier alpha value is -2.62. The lowest BCUT2D eigenvalue weighted by molar-refractivity contribution is -0.198. The van der Waals surface area contributed by atoms with Crippen molar-refractivity contribution in [1.82, 2.24) is 4.90 Å². The molecule has 3 aromatic rings. The molecule has 1 N–H and O–H groups in total. The van der Waals surface area contributed by atoms with Gasteiger partial charge in [-0.05, 0) is 28.8 Å². The number of β-lactam (4-membered cyclic amide) rings is 1. The van der Waals surface area contributed by atoms with Crippen LogP contribution in [0.4, 0.5) is 0 Å². The molecule has 1 aliphatic heterocycles. The molecule has 0 aromatic heterocycles. The molecule has 2 atom stereocenters. The van der Waals surface area contributed by atoms with E-state index in [4.69, 9.17) is 11.6 Å². The molecular formula is C22H18ClNO2. The zero-order valence-electron chi connectivity index (χ0n) is 14.0. The zero-order chi connectivity index (χ0) is 18.1. The minimum Gasteiger partial charge on any atom is -0.373 e. The Balaban J connectivity index is 1.75. The Morgan fingerprint density at radius 1 is 0.885 bits per heavy atom. The maximum atomic E-state index is 13.0. The van der Waals surface area contributed by atoms with Crippen LogP contribution in [0.5, 0.6) is 0 Å². The van der Waals surface area contributed by atoms with Gasteiger partial charge in [-0.2, -0.15) is 0 Å². The van der Waals surface area contributed by atoms with Gasteiger partial charge in [0, 0.05) is 11.6 Å². The maximum Gasteiger partial charge on any atom is 0.262 e. The van der Waals surface area contributed by atoms with Crippen molar-refractivity contribution >= 4 is 17.5 Å². The maximum absolute atomic E-state index is 13.0. The molecule has 1 amide bonds. The largest absolute Gasteiger partial charge is 0.373 e. The zero-order valence-corrected chi connectivity index (χ0v) is 14.8. The molecule has 26 heavy (non-hydrogen) atoms. The van der Waals surface area contributed by atoms with Gasteiger partial charge in [-0.3, -0.25) is 4.79 Å². The Kier molecular flexibility index (Phi) is 4.27. The standard InChI is InChI=1S/C22H18ClNO2/c23-19-13-11-17(12-14-19)20-22(26,18-9-5-2-6-10-18)21(25)24(20)15-16-7-3-1-4-8-16/h1-14,20,26H,15H2/t20-,22+/m0/s1. The number of aliphatic hydroxyl groups is 1. The van der Waals surface area contributed by atoms with Crippen molar-refractivity contribution in [2.75, 3.05) is 0 Å². The van der Waals surface area contributed by atoms with Crippen LogP contribution < -0.4 is 0 Å². The highest BCUT2D eigenvalue weighted by atomic mass is 35.5.